The molecule has 29 heavy (non-hydrogen) atoms. The van der Waals surface area contributed by atoms with Gasteiger partial charge in [-0.05, 0) is 46.5 Å². The van der Waals surface area contributed by atoms with Crippen LogP contribution in [0.1, 0.15) is 20.7 Å². The molecule has 0 aliphatic rings. The van der Waals surface area contributed by atoms with Gasteiger partial charge in [0, 0.05) is 0 Å². The van der Waals surface area contributed by atoms with Gasteiger partial charge in [-0.1, -0.05) is 84.9 Å². The SMILES string of the molecule is O=C(OC(=O)c1cccc(-c2ccccc2)c1)c1cccc(-c2ccccc2)c1. The van der Waals surface area contributed by atoms with E-state index >= 15 is 0 Å². The minimum absolute atomic E-state index is 0.332. The summed E-state index contributed by atoms with van der Waals surface area (Å²) in [6.45, 7) is 0. The van der Waals surface area contributed by atoms with Crippen LogP contribution in [-0.2, 0) is 4.74 Å². The first-order chi connectivity index (χ1) is 14.2. The Morgan fingerprint density at radius 2 is 0.828 bits per heavy atom. The van der Waals surface area contributed by atoms with Crippen LogP contribution in [0.3, 0.4) is 0 Å². The third kappa shape index (κ3) is 4.30. The molecule has 0 aromatic heterocycles. The average molecular weight is 378 g/mol. The zero-order chi connectivity index (χ0) is 20.1. The molecule has 4 rings (SSSR count). The molecule has 4 aromatic rings. The molecule has 3 nitrogen and oxygen atoms in total. The van der Waals surface area contributed by atoms with Crippen LogP contribution in [0.5, 0.6) is 0 Å². The summed E-state index contributed by atoms with van der Waals surface area (Å²) in [5.41, 5.74) is 4.42. The highest BCUT2D eigenvalue weighted by Gasteiger charge is 2.16. The van der Waals surface area contributed by atoms with Gasteiger partial charge in [-0.15, -0.1) is 0 Å². The Balaban J connectivity index is 1.53. The molecule has 0 unspecified atom stereocenters. The first kappa shape index (κ1) is 18.4. The second kappa shape index (κ2) is 8.36. The summed E-state index contributed by atoms with van der Waals surface area (Å²) in [4.78, 5) is 25.0. The molecule has 0 aliphatic carbocycles. The van der Waals surface area contributed by atoms with Crippen molar-refractivity contribution in [3.63, 3.8) is 0 Å². The molecule has 3 heteroatoms. The molecule has 4 aromatic carbocycles. The number of hydrogen-bond acceptors (Lipinski definition) is 3. The number of carbonyl (C=O) groups is 2. The van der Waals surface area contributed by atoms with E-state index in [2.05, 4.69) is 0 Å². The Labute approximate surface area is 169 Å². The van der Waals surface area contributed by atoms with Gasteiger partial charge < -0.3 is 4.74 Å². The lowest BCUT2D eigenvalue weighted by atomic mass is 10.0. The van der Waals surface area contributed by atoms with Crippen molar-refractivity contribution in [1.29, 1.82) is 0 Å². The fourth-order valence-corrected chi connectivity index (χ4v) is 3.11. The van der Waals surface area contributed by atoms with Gasteiger partial charge in [-0.2, -0.15) is 0 Å². The molecule has 0 heterocycles. The second-order valence-corrected chi connectivity index (χ2v) is 6.57. The number of rotatable bonds is 4. The van der Waals surface area contributed by atoms with Crippen molar-refractivity contribution in [1.82, 2.24) is 0 Å². The zero-order valence-electron chi connectivity index (χ0n) is 15.6. The van der Waals surface area contributed by atoms with E-state index in [9.17, 15) is 9.59 Å². The number of carbonyl (C=O) groups excluding carboxylic acids is 2. The van der Waals surface area contributed by atoms with Gasteiger partial charge in [0.15, 0.2) is 0 Å². The smallest absolute Gasteiger partial charge is 0.346 e. The molecule has 0 bridgehead atoms. The Morgan fingerprint density at radius 1 is 0.448 bits per heavy atom. The van der Waals surface area contributed by atoms with Gasteiger partial charge in [-0.25, -0.2) is 9.59 Å². The third-order valence-electron chi connectivity index (χ3n) is 4.60. The number of ether oxygens (including phenoxy) is 1. The topological polar surface area (TPSA) is 43.4 Å². The molecule has 0 spiro atoms. The van der Waals surface area contributed by atoms with E-state index in [1.165, 1.54) is 0 Å². The molecule has 0 N–H and O–H groups in total. The van der Waals surface area contributed by atoms with Crippen molar-refractivity contribution in [2.45, 2.75) is 0 Å². The van der Waals surface area contributed by atoms with E-state index < -0.39 is 11.9 Å². The summed E-state index contributed by atoms with van der Waals surface area (Å²) < 4.78 is 5.13. The molecular formula is C26H18O3. The Hall–Kier alpha value is -3.98. The molecule has 0 amide bonds. The Morgan fingerprint density at radius 3 is 1.24 bits per heavy atom. The van der Waals surface area contributed by atoms with E-state index in [1.807, 2.05) is 72.8 Å². The lowest BCUT2D eigenvalue weighted by molar-refractivity contribution is 0.0398. The monoisotopic (exact) mass is 378 g/mol. The van der Waals surface area contributed by atoms with E-state index in [-0.39, 0.29) is 0 Å². The summed E-state index contributed by atoms with van der Waals surface area (Å²) in [7, 11) is 0. The first-order valence-corrected chi connectivity index (χ1v) is 9.28. The normalized spacial score (nSPS) is 10.3. The summed E-state index contributed by atoms with van der Waals surface area (Å²) in [6, 6.07) is 33.6. The number of hydrogen-bond donors (Lipinski definition) is 0. The lowest BCUT2D eigenvalue weighted by Crippen LogP contribution is -2.13. The third-order valence-corrected chi connectivity index (χ3v) is 4.60. The molecule has 0 radical (unpaired) electrons. The summed E-state index contributed by atoms with van der Waals surface area (Å²) in [5, 5.41) is 0. The highest BCUT2D eigenvalue weighted by Crippen LogP contribution is 2.22. The highest BCUT2D eigenvalue weighted by molar-refractivity contribution is 6.03. The van der Waals surface area contributed by atoms with Gasteiger partial charge >= 0.3 is 11.9 Å². The van der Waals surface area contributed by atoms with Crippen molar-refractivity contribution < 1.29 is 14.3 Å². The highest BCUT2D eigenvalue weighted by atomic mass is 16.6. The fourth-order valence-electron chi connectivity index (χ4n) is 3.11. The zero-order valence-corrected chi connectivity index (χ0v) is 15.6. The standard InChI is InChI=1S/C26H18O3/c27-25(23-15-7-13-21(17-23)19-9-3-1-4-10-19)29-26(28)24-16-8-14-22(18-24)20-11-5-2-6-12-20/h1-18H. The average Bonchev–Trinajstić information content (AvgIpc) is 2.80. The van der Waals surface area contributed by atoms with Crippen LogP contribution < -0.4 is 0 Å². The summed E-state index contributed by atoms with van der Waals surface area (Å²) in [5.74, 6) is -1.34. The molecular weight excluding hydrogens is 360 g/mol. The predicted molar refractivity (Wildman–Crippen MR) is 114 cm³/mol. The van der Waals surface area contributed by atoms with Crippen LogP contribution in [0.4, 0.5) is 0 Å². The van der Waals surface area contributed by atoms with Crippen LogP contribution in [0.15, 0.2) is 109 Å². The minimum atomic E-state index is -0.669. The van der Waals surface area contributed by atoms with Crippen molar-refractivity contribution in [2.75, 3.05) is 0 Å². The molecule has 0 aliphatic heterocycles. The van der Waals surface area contributed by atoms with E-state index in [1.54, 1.807) is 36.4 Å². The maximum Gasteiger partial charge on any atom is 0.346 e. The van der Waals surface area contributed by atoms with Crippen molar-refractivity contribution >= 4 is 11.9 Å². The van der Waals surface area contributed by atoms with Crippen LogP contribution in [0, 0.1) is 0 Å². The van der Waals surface area contributed by atoms with Gasteiger partial charge in [0.1, 0.15) is 0 Å². The lowest BCUT2D eigenvalue weighted by Gasteiger charge is -2.07. The van der Waals surface area contributed by atoms with Crippen LogP contribution >= 0.6 is 0 Å². The van der Waals surface area contributed by atoms with Crippen molar-refractivity contribution in [3.8, 4) is 22.3 Å². The molecule has 0 saturated heterocycles. The van der Waals surface area contributed by atoms with E-state index in [4.69, 9.17) is 4.74 Å². The summed E-state index contributed by atoms with van der Waals surface area (Å²) >= 11 is 0. The Kier molecular flexibility index (Phi) is 5.30. The number of esters is 2. The molecule has 0 saturated carbocycles. The molecule has 0 atom stereocenters. The largest absolute Gasteiger partial charge is 0.386 e. The van der Waals surface area contributed by atoms with E-state index in [0.717, 1.165) is 22.3 Å². The van der Waals surface area contributed by atoms with Gasteiger partial charge in [0.25, 0.3) is 0 Å². The second-order valence-electron chi connectivity index (χ2n) is 6.57. The van der Waals surface area contributed by atoms with Gasteiger partial charge in [0.2, 0.25) is 0 Å². The molecule has 140 valence electrons. The maximum atomic E-state index is 12.5. The van der Waals surface area contributed by atoms with Gasteiger partial charge in [0.05, 0.1) is 11.1 Å². The van der Waals surface area contributed by atoms with Crippen LogP contribution in [0.25, 0.3) is 22.3 Å². The van der Waals surface area contributed by atoms with Crippen LogP contribution in [0.2, 0.25) is 0 Å². The van der Waals surface area contributed by atoms with Crippen molar-refractivity contribution in [3.05, 3.63) is 120 Å². The summed E-state index contributed by atoms with van der Waals surface area (Å²) in [6.07, 6.45) is 0. The molecule has 0 fully saturated rings. The van der Waals surface area contributed by atoms with Crippen LogP contribution in [-0.4, -0.2) is 11.9 Å². The Bertz CT molecular complexity index is 1060. The fraction of sp³-hybridized carbons (Fsp3) is 0. The van der Waals surface area contributed by atoms with Crippen molar-refractivity contribution in [2.24, 2.45) is 0 Å². The predicted octanol–water partition coefficient (Wildman–Crippen LogP) is 6.02. The minimum Gasteiger partial charge on any atom is -0.386 e. The quantitative estimate of drug-likeness (QED) is 0.322. The first-order valence-electron chi connectivity index (χ1n) is 9.28. The maximum absolute atomic E-state index is 12.5. The van der Waals surface area contributed by atoms with E-state index in [0.29, 0.717) is 11.1 Å². The number of benzene rings is 4. The van der Waals surface area contributed by atoms with Gasteiger partial charge in [-0.3, -0.25) is 0 Å².